The maximum Gasteiger partial charge on any atom is 0.134 e. The van der Waals surface area contributed by atoms with Crippen molar-refractivity contribution >= 4 is 22.7 Å². The van der Waals surface area contributed by atoms with E-state index in [0.717, 1.165) is 61.0 Å². The van der Waals surface area contributed by atoms with E-state index < -0.39 is 0 Å². The number of aromatic nitrogens is 4. The summed E-state index contributed by atoms with van der Waals surface area (Å²) in [6.07, 6.45) is 6.08. The lowest BCUT2D eigenvalue weighted by Crippen LogP contribution is -2.19. The number of hydrogen-bond acceptors (Lipinski definition) is 5. The second-order valence-corrected chi connectivity index (χ2v) is 6.19. The highest BCUT2D eigenvalue weighted by molar-refractivity contribution is 5.74. The summed E-state index contributed by atoms with van der Waals surface area (Å²) in [5, 5.41) is 3.39. The lowest BCUT2D eigenvalue weighted by Gasteiger charge is -2.16. The third kappa shape index (κ3) is 3.32. The van der Waals surface area contributed by atoms with E-state index in [1.807, 2.05) is 24.3 Å². The number of para-hydroxylation sites is 2. The Balaban J connectivity index is 1.30. The molecule has 0 radical (unpaired) electrons. The minimum absolute atomic E-state index is 0.869. The van der Waals surface area contributed by atoms with Crippen LogP contribution in [-0.4, -0.2) is 39.6 Å². The molecule has 0 atom stereocenters. The molecule has 3 aromatic rings. The zero-order valence-electron chi connectivity index (χ0n) is 13.7. The average Bonchev–Trinajstić information content (AvgIpc) is 3.28. The Kier molecular flexibility index (Phi) is 4.27. The molecule has 24 heavy (non-hydrogen) atoms. The number of fused-ring (bicyclic) bond motifs is 1. The number of nitrogens with one attached hydrogen (secondary N) is 2. The summed E-state index contributed by atoms with van der Waals surface area (Å²) in [5.74, 6) is 2.97. The third-order valence-electron chi connectivity index (χ3n) is 4.42. The van der Waals surface area contributed by atoms with Crippen LogP contribution in [0.4, 0.5) is 11.6 Å². The minimum Gasteiger partial charge on any atom is -0.370 e. The predicted octanol–water partition coefficient (Wildman–Crippen LogP) is 3.00. The van der Waals surface area contributed by atoms with Crippen LogP contribution in [0.2, 0.25) is 0 Å². The average molecular weight is 322 g/mol. The molecule has 0 aliphatic carbocycles. The van der Waals surface area contributed by atoms with Crippen LogP contribution >= 0.6 is 0 Å². The Morgan fingerprint density at radius 2 is 2.00 bits per heavy atom. The molecule has 0 amide bonds. The van der Waals surface area contributed by atoms with Gasteiger partial charge in [-0.25, -0.2) is 15.0 Å². The molecular formula is C18H22N6. The third-order valence-corrected chi connectivity index (χ3v) is 4.42. The van der Waals surface area contributed by atoms with E-state index in [1.54, 1.807) is 6.33 Å². The van der Waals surface area contributed by atoms with Crippen LogP contribution in [0, 0.1) is 0 Å². The normalized spacial score (nSPS) is 14.4. The van der Waals surface area contributed by atoms with Gasteiger partial charge in [-0.05, 0) is 31.4 Å². The molecule has 6 heteroatoms. The fraction of sp³-hybridized carbons (Fsp3) is 0.389. The summed E-state index contributed by atoms with van der Waals surface area (Å²) in [6.45, 7) is 3.07. The fourth-order valence-electron chi connectivity index (χ4n) is 3.16. The molecule has 0 bridgehead atoms. The van der Waals surface area contributed by atoms with Gasteiger partial charge >= 0.3 is 0 Å². The van der Waals surface area contributed by atoms with E-state index in [1.165, 1.54) is 12.8 Å². The number of rotatable bonds is 6. The van der Waals surface area contributed by atoms with Crippen molar-refractivity contribution in [3.8, 4) is 0 Å². The molecule has 4 rings (SSSR count). The van der Waals surface area contributed by atoms with Gasteiger partial charge in [-0.1, -0.05) is 12.1 Å². The van der Waals surface area contributed by atoms with Gasteiger partial charge in [-0.15, -0.1) is 0 Å². The van der Waals surface area contributed by atoms with Crippen molar-refractivity contribution in [1.29, 1.82) is 0 Å². The lowest BCUT2D eigenvalue weighted by molar-refractivity contribution is 0.816. The summed E-state index contributed by atoms with van der Waals surface area (Å²) in [4.78, 5) is 19.0. The molecule has 124 valence electrons. The van der Waals surface area contributed by atoms with Gasteiger partial charge in [0.25, 0.3) is 0 Å². The summed E-state index contributed by atoms with van der Waals surface area (Å²) >= 11 is 0. The van der Waals surface area contributed by atoms with Gasteiger partial charge in [0.05, 0.1) is 11.0 Å². The minimum atomic E-state index is 0.869. The van der Waals surface area contributed by atoms with Crippen LogP contribution in [0.3, 0.4) is 0 Å². The van der Waals surface area contributed by atoms with Gasteiger partial charge in [0.2, 0.25) is 0 Å². The van der Waals surface area contributed by atoms with Crippen molar-refractivity contribution in [3.05, 3.63) is 42.5 Å². The van der Waals surface area contributed by atoms with Crippen LogP contribution in [0.1, 0.15) is 25.1 Å². The van der Waals surface area contributed by atoms with E-state index in [4.69, 9.17) is 0 Å². The standard InChI is InChI=1S/C18H22N6/c1-2-7-15-14(6-1)22-16(23-15)8-5-9-19-17-12-18(21-13-20-17)24-10-3-4-11-24/h1-2,6-7,12-13H,3-5,8-11H2,(H,22,23)(H,19,20,21). The Bertz CT molecular complexity index is 773. The molecule has 6 nitrogen and oxygen atoms in total. The molecule has 3 heterocycles. The van der Waals surface area contributed by atoms with E-state index in [2.05, 4.69) is 36.2 Å². The highest BCUT2D eigenvalue weighted by Gasteiger charge is 2.13. The van der Waals surface area contributed by atoms with Crippen molar-refractivity contribution < 1.29 is 0 Å². The summed E-state index contributed by atoms with van der Waals surface area (Å²) < 4.78 is 0. The molecule has 0 unspecified atom stereocenters. The van der Waals surface area contributed by atoms with E-state index in [0.29, 0.717) is 0 Å². The molecule has 1 saturated heterocycles. The number of benzene rings is 1. The van der Waals surface area contributed by atoms with Crippen molar-refractivity contribution in [3.63, 3.8) is 0 Å². The predicted molar refractivity (Wildman–Crippen MR) is 96.4 cm³/mol. The first kappa shape index (κ1) is 14.9. The zero-order valence-corrected chi connectivity index (χ0v) is 13.7. The topological polar surface area (TPSA) is 69.7 Å². The maximum absolute atomic E-state index is 4.61. The fourth-order valence-corrected chi connectivity index (χ4v) is 3.16. The van der Waals surface area contributed by atoms with E-state index >= 15 is 0 Å². The number of aromatic amines is 1. The van der Waals surface area contributed by atoms with Gasteiger partial charge in [-0.3, -0.25) is 0 Å². The van der Waals surface area contributed by atoms with Gasteiger partial charge < -0.3 is 15.2 Å². The van der Waals surface area contributed by atoms with Gasteiger partial charge in [-0.2, -0.15) is 0 Å². The number of aryl methyl sites for hydroxylation is 1. The van der Waals surface area contributed by atoms with Crippen molar-refractivity contribution in [2.24, 2.45) is 0 Å². The Morgan fingerprint density at radius 1 is 1.12 bits per heavy atom. The summed E-state index contributed by atoms with van der Waals surface area (Å²) in [7, 11) is 0. The maximum atomic E-state index is 4.61. The van der Waals surface area contributed by atoms with Crippen molar-refractivity contribution in [2.45, 2.75) is 25.7 Å². The molecule has 1 fully saturated rings. The molecule has 2 N–H and O–H groups in total. The second-order valence-electron chi connectivity index (χ2n) is 6.19. The Labute approximate surface area is 141 Å². The molecule has 1 aliphatic heterocycles. The number of hydrogen-bond donors (Lipinski definition) is 2. The van der Waals surface area contributed by atoms with Crippen LogP contribution < -0.4 is 10.2 Å². The SMILES string of the molecule is c1ccc2[nH]c(CCCNc3cc(N4CCCC4)ncn3)nc2c1. The van der Waals surface area contributed by atoms with Crippen molar-refractivity contribution in [2.75, 3.05) is 29.9 Å². The van der Waals surface area contributed by atoms with Crippen LogP contribution in [-0.2, 0) is 6.42 Å². The first-order valence-electron chi connectivity index (χ1n) is 8.63. The number of imidazole rings is 1. The van der Waals surface area contributed by atoms with Crippen LogP contribution in [0.15, 0.2) is 36.7 Å². The largest absolute Gasteiger partial charge is 0.370 e. The molecule has 1 aliphatic rings. The molecule has 0 spiro atoms. The summed E-state index contributed by atoms with van der Waals surface area (Å²) in [6, 6.07) is 10.2. The molecule has 2 aromatic heterocycles. The van der Waals surface area contributed by atoms with Gasteiger partial charge in [0.1, 0.15) is 23.8 Å². The molecular weight excluding hydrogens is 300 g/mol. The number of anilines is 2. The lowest BCUT2D eigenvalue weighted by atomic mass is 10.3. The summed E-state index contributed by atoms with van der Waals surface area (Å²) in [5.41, 5.74) is 2.14. The highest BCUT2D eigenvalue weighted by Crippen LogP contribution is 2.19. The number of H-pyrrole nitrogens is 1. The first-order chi connectivity index (χ1) is 11.9. The first-order valence-corrected chi connectivity index (χ1v) is 8.63. The van der Waals surface area contributed by atoms with E-state index in [-0.39, 0.29) is 0 Å². The van der Waals surface area contributed by atoms with Gasteiger partial charge in [0.15, 0.2) is 0 Å². The number of nitrogens with zero attached hydrogens (tertiary/aromatic N) is 4. The van der Waals surface area contributed by atoms with Crippen LogP contribution in [0.5, 0.6) is 0 Å². The second kappa shape index (κ2) is 6.86. The highest BCUT2D eigenvalue weighted by atomic mass is 15.2. The smallest absolute Gasteiger partial charge is 0.134 e. The monoisotopic (exact) mass is 322 g/mol. The van der Waals surface area contributed by atoms with Crippen LogP contribution in [0.25, 0.3) is 11.0 Å². The van der Waals surface area contributed by atoms with E-state index in [9.17, 15) is 0 Å². The van der Waals surface area contributed by atoms with Gasteiger partial charge in [0, 0.05) is 32.1 Å². The molecule has 0 saturated carbocycles. The molecule has 1 aromatic carbocycles. The zero-order chi connectivity index (χ0) is 16.2. The Hall–Kier alpha value is -2.63. The quantitative estimate of drug-likeness (QED) is 0.683. The Morgan fingerprint density at radius 3 is 2.88 bits per heavy atom. The van der Waals surface area contributed by atoms with Crippen molar-refractivity contribution in [1.82, 2.24) is 19.9 Å².